The van der Waals surface area contributed by atoms with Gasteiger partial charge < -0.3 is 5.32 Å². The van der Waals surface area contributed by atoms with Crippen molar-refractivity contribution >= 4 is 58.2 Å². The lowest BCUT2D eigenvalue weighted by Gasteiger charge is -2.07. The molecular weight excluding hydrogens is 349 g/mol. The Hall–Kier alpha value is -0.870. The molecule has 1 amide bonds. The van der Waals surface area contributed by atoms with Gasteiger partial charge in [-0.05, 0) is 35.9 Å². The molecule has 21 heavy (non-hydrogen) atoms. The molecule has 0 aromatic heterocycles. The van der Waals surface area contributed by atoms with Crippen LogP contribution in [0, 0.1) is 0 Å². The number of rotatable bonds is 5. The van der Waals surface area contributed by atoms with Gasteiger partial charge in [0.15, 0.2) is 0 Å². The average molecular weight is 361 g/mol. The first-order valence-corrected chi connectivity index (χ1v) is 8.40. The molecule has 2 nitrogen and oxygen atoms in total. The van der Waals surface area contributed by atoms with Crippen LogP contribution in [-0.4, -0.2) is 11.7 Å². The van der Waals surface area contributed by atoms with E-state index in [1.807, 2.05) is 24.3 Å². The van der Waals surface area contributed by atoms with Crippen molar-refractivity contribution in [1.29, 1.82) is 0 Å². The monoisotopic (exact) mass is 359 g/mol. The van der Waals surface area contributed by atoms with Crippen LogP contribution in [0.3, 0.4) is 0 Å². The molecule has 0 aliphatic heterocycles. The Balaban J connectivity index is 1.84. The van der Waals surface area contributed by atoms with Crippen molar-refractivity contribution in [1.82, 2.24) is 0 Å². The van der Waals surface area contributed by atoms with Gasteiger partial charge in [0.1, 0.15) is 0 Å². The normalized spacial score (nSPS) is 10.4. The summed E-state index contributed by atoms with van der Waals surface area (Å²) in [7, 11) is 0. The zero-order chi connectivity index (χ0) is 15.2. The molecule has 1 N–H and O–H groups in total. The summed E-state index contributed by atoms with van der Waals surface area (Å²) in [5.74, 6) is 0.929. The summed E-state index contributed by atoms with van der Waals surface area (Å²) in [5.41, 5.74) is 1.61. The number of anilines is 1. The summed E-state index contributed by atoms with van der Waals surface area (Å²) in [6.45, 7) is 0. The van der Waals surface area contributed by atoms with Crippen LogP contribution in [0.15, 0.2) is 42.5 Å². The highest BCUT2D eigenvalue weighted by Crippen LogP contribution is 2.25. The number of amides is 1. The lowest BCUT2D eigenvalue weighted by atomic mass is 10.2. The number of hydrogen-bond acceptors (Lipinski definition) is 2. The van der Waals surface area contributed by atoms with Crippen LogP contribution in [0.1, 0.15) is 5.56 Å². The molecule has 0 unspecified atom stereocenters. The second-order valence-electron chi connectivity index (χ2n) is 4.30. The lowest BCUT2D eigenvalue weighted by Crippen LogP contribution is -2.14. The number of hydrogen-bond donors (Lipinski definition) is 1. The fraction of sp³-hybridized carbons (Fsp3) is 0.133. The van der Waals surface area contributed by atoms with Gasteiger partial charge in [-0.3, -0.25) is 4.79 Å². The zero-order valence-electron chi connectivity index (χ0n) is 10.9. The Morgan fingerprint density at radius 3 is 2.57 bits per heavy atom. The van der Waals surface area contributed by atoms with Gasteiger partial charge in [-0.15, -0.1) is 11.8 Å². The average Bonchev–Trinajstić information content (AvgIpc) is 2.43. The fourth-order valence-corrected chi connectivity index (χ4v) is 2.99. The van der Waals surface area contributed by atoms with Gasteiger partial charge in [0.05, 0.1) is 16.5 Å². The first-order chi connectivity index (χ1) is 10.0. The molecule has 0 bridgehead atoms. The van der Waals surface area contributed by atoms with Crippen LogP contribution < -0.4 is 5.32 Å². The van der Waals surface area contributed by atoms with E-state index in [0.717, 1.165) is 11.3 Å². The maximum absolute atomic E-state index is 11.9. The molecule has 0 aliphatic carbocycles. The largest absolute Gasteiger partial charge is 0.324 e. The third kappa shape index (κ3) is 5.44. The van der Waals surface area contributed by atoms with E-state index in [1.165, 1.54) is 11.8 Å². The predicted molar refractivity (Wildman–Crippen MR) is 92.7 cm³/mol. The molecule has 2 aromatic carbocycles. The maximum atomic E-state index is 11.9. The van der Waals surface area contributed by atoms with E-state index >= 15 is 0 Å². The molecule has 0 atom stereocenters. The van der Waals surface area contributed by atoms with Gasteiger partial charge in [-0.2, -0.15) is 0 Å². The highest BCUT2D eigenvalue weighted by Gasteiger charge is 2.07. The van der Waals surface area contributed by atoms with E-state index < -0.39 is 0 Å². The highest BCUT2D eigenvalue weighted by atomic mass is 35.5. The smallest absolute Gasteiger partial charge is 0.234 e. The van der Waals surface area contributed by atoms with Crippen LogP contribution in [-0.2, 0) is 10.5 Å². The Bertz CT molecular complexity index is 649. The minimum absolute atomic E-state index is 0.119. The predicted octanol–water partition coefficient (Wildman–Crippen LogP) is 5.52. The molecule has 6 heteroatoms. The van der Waals surface area contributed by atoms with E-state index in [9.17, 15) is 4.79 Å². The molecule has 0 fully saturated rings. The van der Waals surface area contributed by atoms with E-state index in [-0.39, 0.29) is 5.91 Å². The topological polar surface area (TPSA) is 29.1 Å². The van der Waals surface area contributed by atoms with E-state index in [0.29, 0.717) is 26.5 Å². The summed E-state index contributed by atoms with van der Waals surface area (Å²) in [6, 6.07) is 12.5. The highest BCUT2D eigenvalue weighted by molar-refractivity contribution is 7.99. The van der Waals surface area contributed by atoms with Crippen molar-refractivity contribution in [3.05, 3.63) is 63.1 Å². The standard InChI is InChI=1S/C15H12Cl3NOS/c16-11-3-1-2-10(6-11)8-21-9-15(20)19-14-7-12(17)4-5-13(14)18/h1-7H,8-9H2,(H,19,20). The molecule has 0 saturated carbocycles. The number of nitrogens with one attached hydrogen (secondary N) is 1. The molecule has 0 aliphatic rings. The van der Waals surface area contributed by atoms with Gasteiger partial charge >= 0.3 is 0 Å². The molecule has 110 valence electrons. The number of carbonyl (C=O) groups excluding carboxylic acids is 1. The summed E-state index contributed by atoms with van der Waals surface area (Å²) < 4.78 is 0. The third-order valence-corrected chi connectivity index (χ3v) is 4.40. The van der Waals surface area contributed by atoms with Gasteiger partial charge in [0.2, 0.25) is 5.91 Å². The Kier molecular flexibility index (Phi) is 6.24. The molecule has 2 rings (SSSR count). The second kappa shape index (κ2) is 7.95. The third-order valence-electron chi connectivity index (χ3n) is 2.59. The van der Waals surface area contributed by atoms with Crippen molar-refractivity contribution in [3.8, 4) is 0 Å². The lowest BCUT2D eigenvalue weighted by molar-refractivity contribution is -0.113. The van der Waals surface area contributed by atoms with Crippen molar-refractivity contribution in [2.75, 3.05) is 11.1 Å². The van der Waals surface area contributed by atoms with Crippen molar-refractivity contribution in [2.45, 2.75) is 5.75 Å². The second-order valence-corrected chi connectivity index (χ2v) is 6.56. The van der Waals surface area contributed by atoms with Crippen LogP contribution >= 0.6 is 46.6 Å². The number of thioether (sulfide) groups is 1. The number of halogens is 3. The van der Waals surface area contributed by atoms with Gasteiger partial charge in [-0.25, -0.2) is 0 Å². The zero-order valence-corrected chi connectivity index (χ0v) is 14.0. The van der Waals surface area contributed by atoms with E-state index in [4.69, 9.17) is 34.8 Å². The quantitative estimate of drug-likeness (QED) is 0.760. The Morgan fingerprint density at radius 2 is 1.81 bits per heavy atom. The van der Waals surface area contributed by atoms with Crippen LogP contribution in [0.4, 0.5) is 5.69 Å². The molecule has 0 radical (unpaired) electrons. The SMILES string of the molecule is O=C(CSCc1cccc(Cl)c1)Nc1cc(Cl)ccc1Cl. The molecule has 2 aromatic rings. The number of benzene rings is 2. The summed E-state index contributed by atoms with van der Waals surface area (Å²) >= 11 is 19.3. The summed E-state index contributed by atoms with van der Waals surface area (Å²) in [4.78, 5) is 11.9. The maximum Gasteiger partial charge on any atom is 0.234 e. The molecule has 0 spiro atoms. The van der Waals surface area contributed by atoms with Gasteiger partial charge in [-0.1, -0.05) is 46.9 Å². The minimum atomic E-state index is -0.119. The fourth-order valence-electron chi connectivity index (χ4n) is 1.67. The van der Waals surface area contributed by atoms with Crippen LogP contribution in [0.2, 0.25) is 15.1 Å². The van der Waals surface area contributed by atoms with Crippen molar-refractivity contribution in [3.63, 3.8) is 0 Å². The summed E-state index contributed by atoms with van der Waals surface area (Å²) in [6.07, 6.45) is 0. The van der Waals surface area contributed by atoms with E-state index in [2.05, 4.69) is 5.32 Å². The minimum Gasteiger partial charge on any atom is -0.324 e. The first-order valence-electron chi connectivity index (χ1n) is 6.11. The molecular formula is C15H12Cl3NOS. The van der Waals surface area contributed by atoms with Gasteiger partial charge in [0.25, 0.3) is 0 Å². The van der Waals surface area contributed by atoms with Crippen molar-refractivity contribution in [2.24, 2.45) is 0 Å². The van der Waals surface area contributed by atoms with Gasteiger partial charge in [0, 0.05) is 15.8 Å². The Morgan fingerprint density at radius 1 is 1.05 bits per heavy atom. The molecule has 0 saturated heterocycles. The molecule has 0 heterocycles. The van der Waals surface area contributed by atoms with Crippen molar-refractivity contribution < 1.29 is 4.79 Å². The number of carbonyl (C=O) groups is 1. The first kappa shape index (κ1) is 16.5. The Labute approximate surface area is 142 Å². The van der Waals surface area contributed by atoms with E-state index in [1.54, 1.807) is 18.2 Å². The van der Waals surface area contributed by atoms with Crippen LogP contribution in [0.5, 0.6) is 0 Å². The van der Waals surface area contributed by atoms with Crippen LogP contribution in [0.25, 0.3) is 0 Å². The summed E-state index contributed by atoms with van der Waals surface area (Å²) in [5, 5.41) is 4.44.